The number of aliphatic carboxylic acids is 1. The van der Waals surface area contributed by atoms with Crippen molar-refractivity contribution in [2.24, 2.45) is 11.8 Å². The SMILES string of the molecule is Cc1c2ccc(c1N)N(N)CCCCCN1CCC(CC1)C(=O)N1CCc3ccc(cc3C1)C2CC(=O)O. The van der Waals surface area contributed by atoms with Gasteiger partial charge in [-0.2, -0.15) is 0 Å². The van der Waals surface area contributed by atoms with Crippen molar-refractivity contribution in [1.82, 2.24) is 9.80 Å². The Morgan fingerprint density at radius 3 is 2.53 bits per heavy atom. The molecule has 0 radical (unpaired) electrons. The van der Waals surface area contributed by atoms with E-state index in [2.05, 4.69) is 17.0 Å². The number of nitrogens with two attached hydrogens (primary N) is 2. The largest absolute Gasteiger partial charge is 0.481 e. The summed E-state index contributed by atoms with van der Waals surface area (Å²) in [5.74, 6) is 5.60. The van der Waals surface area contributed by atoms with Gasteiger partial charge in [-0.3, -0.25) is 9.59 Å². The van der Waals surface area contributed by atoms with Crippen molar-refractivity contribution >= 4 is 23.3 Å². The summed E-state index contributed by atoms with van der Waals surface area (Å²) < 4.78 is 0. The second-order valence-corrected chi connectivity index (χ2v) is 11.3. The highest BCUT2D eigenvalue weighted by Gasteiger charge is 2.31. The molecule has 1 amide bonds. The average Bonchev–Trinajstić information content (AvgIpc) is 2.92. The average molecular weight is 520 g/mol. The molecule has 8 rings (SSSR count). The third kappa shape index (κ3) is 5.52. The van der Waals surface area contributed by atoms with E-state index in [0.717, 1.165) is 92.6 Å². The number of carbonyl (C=O) groups excluding carboxylic acids is 1. The molecule has 0 aliphatic carbocycles. The van der Waals surface area contributed by atoms with Crippen molar-refractivity contribution in [3.05, 3.63) is 58.1 Å². The molecule has 0 aromatic heterocycles. The van der Waals surface area contributed by atoms with E-state index in [0.29, 0.717) is 18.8 Å². The standard InChI is InChI=1S/C30H41N5O3/c1-20-25-7-8-27(29(20)31)35(32)13-4-2-3-12-33-14-9-22(10-15-33)30(38)34-16-11-21-5-6-23(17-24(21)19-34)26(25)18-28(36)37/h5-8,17,22,26H,2-4,9-16,18-19,31-32H2,1H3,(H,36,37). The summed E-state index contributed by atoms with van der Waals surface area (Å²) in [6.45, 7) is 7.01. The Morgan fingerprint density at radius 1 is 1.00 bits per heavy atom. The first-order chi connectivity index (χ1) is 18.3. The van der Waals surface area contributed by atoms with Gasteiger partial charge in [0, 0.05) is 31.5 Å². The van der Waals surface area contributed by atoms with Crippen LogP contribution in [0.4, 0.5) is 11.4 Å². The van der Waals surface area contributed by atoms with Crippen molar-refractivity contribution in [1.29, 1.82) is 0 Å². The van der Waals surface area contributed by atoms with Crippen LogP contribution in [0.3, 0.4) is 0 Å². The van der Waals surface area contributed by atoms with Crippen LogP contribution in [0, 0.1) is 12.8 Å². The molecule has 5 N–H and O–H groups in total. The van der Waals surface area contributed by atoms with Gasteiger partial charge < -0.3 is 25.6 Å². The van der Waals surface area contributed by atoms with Gasteiger partial charge in [-0.25, -0.2) is 5.84 Å². The molecule has 6 aliphatic rings. The van der Waals surface area contributed by atoms with Gasteiger partial charge in [-0.15, -0.1) is 0 Å². The van der Waals surface area contributed by atoms with Crippen LogP contribution in [0.5, 0.6) is 0 Å². The van der Waals surface area contributed by atoms with Crippen molar-refractivity contribution < 1.29 is 14.7 Å². The molecular weight excluding hydrogens is 478 g/mol. The summed E-state index contributed by atoms with van der Waals surface area (Å²) in [7, 11) is 0. The highest BCUT2D eigenvalue weighted by atomic mass is 16.4. The van der Waals surface area contributed by atoms with E-state index in [1.165, 1.54) is 5.56 Å². The number of rotatable bonds is 2. The van der Waals surface area contributed by atoms with E-state index >= 15 is 0 Å². The Morgan fingerprint density at radius 2 is 1.76 bits per heavy atom. The molecule has 2 aromatic carbocycles. The van der Waals surface area contributed by atoms with Gasteiger partial charge in [0.15, 0.2) is 0 Å². The van der Waals surface area contributed by atoms with Gasteiger partial charge in [-0.1, -0.05) is 30.7 Å². The molecule has 1 atom stereocenters. The number of carboxylic acid groups (broad SMARTS) is 1. The van der Waals surface area contributed by atoms with Crippen LogP contribution in [0.25, 0.3) is 0 Å². The van der Waals surface area contributed by atoms with Crippen molar-refractivity contribution in [2.75, 3.05) is 43.5 Å². The highest BCUT2D eigenvalue weighted by Crippen LogP contribution is 2.38. The number of amides is 1. The summed E-state index contributed by atoms with van der Waals surface area (Å²) in [5.41, 5.74) is 13.1. The third-order valence-electron chi connectivity index (χ3n) is 8.86. The molecule has 6 aliphatic heterocycles. The third-order valence-corrected chi connectivity index (χ3v) is 8.86. The maximum Gasteiger partial charge on any atom is 0.304 e. The first kappa shape index (κ1) is 26.5. The number of nitrogens with zero attached hydrogens (tertiary/aromatic N) is 3. The van der Waals surface area contributed by atoms with Gasteiger partial charge >= 0.3 is 5.97 Å². The lowest BCUT2D eigenvalue weighted by atomic mass is 9.83. The second-order valence-electron chi connectivity index (χ2n) is 11.3. The molecule has 8 nitrogen and oxygen atoms in total. The molecule has 0 saturated carbocycles. The van der Waals surface area contributed by atoms with Gasteiger partial charge in [0.1, 0.15) is 0 Å². The van der Waals surface area contributed by atoms with Crippen LogP contribution in [0.1, 0.15) is 72.3 Å². The van der Waals surface area contributed by atoms with Crippen LogP contribution in [-0.2, 0) is 22.6 Å². The summed E-state index contributed by atoms with van der Waals surface area (Å²) >= 11 is 0. The zero-order valence-corrected chi connectivity index (χ0v) is 22.5. The van der Waals surface area contributed by atoms with E-state index in [1.54, 1.807) is 5.01 Å². The Labute approximate surface area is 225 Å². The predicted molar refractivity (Wildman–Crippen MR) is 150 cm³/mol. The first-order valence-electron chi connectivity index (χ1n) is 14.1. The Bertz CT molecular complexity index is 1190. The maximum atomic E-state index is 13.5. The van der Waals surface area contributed by atoms with E-state index in [-0.39, 0.29) is 24.2 Å². The molecule has 1 unspecified atom stereocenters. The van der Waals surface area contributed by atoms with Crippen LogP contribution in [-0.4, -0.2) is 59.5 Å². The van der Waals surface area contributed by atoms with Gasteiger partial charge in [-0.05, 0) is 92.5 Å². The minimum atomic E-state index is -0.858. The van der Waals surface area contributed by atoms with Crippen molar-refractivity contribution in [2.45, 2.75) is 64.3 Å². The summed E-state index contributed by atoms with van der Waals surface area (Å²) in [6.07, 6.45) is 5.80. The lowest BCUT2D eigenvalue weighted by molar-refractivity contribution is -0.138. The highest BCUT2D eigenvalue weighted by molar-refractivity contribution is 5.79. The predicted octanol–water partition coefficient (Wildman–Crippen LogP) is 3.64. The summed E-state index contributed by atoms with van der Waals surface area (Å²) in [5, 5.41) is 11.5. The molecule has 38 heavy (non-hydrogen) atoms. The van der Waals surface area contributed by atoms with Crippen LogP contribution in [0.15, 0.2) is 30.3 Å². The normalized spacial score (nSPS) is 24.5. The zero-order chi connectivity index (χ0) is 26.8. The van der Waals surface area contributed by atoms with Crippen LogP contribution in [0.2, 0.25) is 0 Å². The molecule has 8 heteroatoms. The lowest BCUT2D eigenvalue weighted by Gasteiger charge is -2.36. The van der Waals surface area contributed by atoms with E-state index < -0.39 is 5.97 Å². The van der Waals surface area contributed by atoms with E-state index in [1.807, 2.05) is 30.0 Å². The number of benzene rings is 2. The number of hydrogen-bond donors (Lipinski definition) is 3. The van der Waals surface area contributed by atoms with Gasteiger partial charge in [0.05, 0.1) is 17.8 Å². The smallest absolute Gasteiger partial charge is 0.304 e. The molecule has 204 valence electrons. The Balaban J connectivity index is 1.51. The number of hydrogen-bond acceptors (Lipinski definition) is 6. The quantitative estimate of drug-likeness (QED) is 0.410. The minimum absolute atomic E-state index is 0.0357. The van der Waals surface area contributed by atoms with E-state index in [4.69, 9.17) is 11.6 Å². The maximum absolute atomic E-state index is 13.5. The number of anilines is 2. The molecule has 0 spiro atoms. The molecule has 2 aromatic rings. The minimum Gasteiger partial charge on any atom is -0.481 e. The number of piperidine rings is 1. The van der Waals surface area contributed by atoms with E-state index in [9.17, 15) is 14.7 Å². The fourth-order valence-corrected chi connectivity index (χ4v) is 6.50. The topological polar surface area (TPSA) is 116 Å². The number of carboxylic acids is 1. The Kier molecular flexibility index (Phi) is 7.91. The lowest BCUT2D eigenvalue weighted by Crippen LogP contribution is -2.44. The van der Waals surface area contributed by atoms with Crippen molar-refractivity contribution in [3.63, 3.8) is 0 Å². The number of hydrazine groups is 1. The Hall–Kier alpha value is -3.10. The molecule has 7 bridgehead atoms. The molecule has 6 heterocycles. The molecule has 1 fully saturated rings. The molecule has 1 saturated heterocycles. The number of nitrogen functional groups attached to an aromatic ring is 1. The molecular formula is C30H41N5O3. The van der Waals surface area contributed by atoms with Gasteiger partial charge in [0.2, 0.25) is 5.91 Å². The zero-order valence-electron chi connectivity index (χ0n) is 22.5. The van der Waals surface area contributed by atoms with Crippen molar-refractivity contribution in [3.8, 4) is 0 Å². The fourth-order valence-electron chi connectivity index (χ4n) is 6.50. The summed E-state index contributed by atoms with van der Waals surface area (Å²) in [4.78, 5) is 30.0. The summed E-state index contributed by atoms with van der Waals surface area (Å²) in [6, 6.07) is 10.2. The second kappa shape index (κ2) is 11.3. The van der Waals surface area contributed by atoms with Crippen LogP contribution < -0.4 is 16.6 Å². The monoisotopic (exact) mass is 519 g/mol. The van der Waals surface area contributed by atoms with Gasteiger partial charge in [0.25, 0.3) is 0 Å². The first-order valence-corrected chi connectivity index (χ1v) is 14.1. The van der Waals surface area contributed by atoms with Crippen LogP contribution >= 0.6 is 0 Å². The number of carbonyl (C=O) groups is 2. The fraction of sp³-hybridized carbons (Fsp3) is 0.533.